The number of nitrogens with zero attached hydrogens (tertiary/aromatic N) is 1. The molecule has 1 fully saturated rings. The molecule has 0 bridgehead atoms. The first-order valence-corrected chi connectivity index (χ1v) is 8.58. The Balaban J connectivity index is 0.00000288. The minimum atomic E-state index is 0. The number of ether oxygens (including phenoxy) is 2. The predicted molar refractivity (Wildman–Crippen MR) is 98.3 cm³/mol. The Labute approximate surface area is 150 Å². The molecule has 1 aliphatic rings. The number of hydrogen-bond donors (Lipinski definition) is 1. The van der Waals surface area contributed by atoms with Crippen LogP contribution in [0.2, 0.25) is 0 Å². The number of unbranched alkanes of at least 4 members (excludes halogenated alkanes) is 1. The van der Waals surface area contributed by atoms with Gasteiger partial charge in [0.25, 0.3) is 5.91 Å². The Morgan fingerprint density at radius 1 is 1.29 bits per heavy atom. The highest BCUT2D eigenvalue weighted by Crippen LogP contribution is 2.30. The van der Waals surface area contributed by atoms with E-state index in [0.29, 0.717) is 42.7 Å². The van der Waals surface area contributed by atoms with Gasteiger partial charge in [-0.05, 0) is 50.4 Å². The molecular weight excluding hydrogens is 328 g/mol. The summed E-state index contributed by atoms with van der Waals surface area (Å²) < 4.78 is 11.4. The van der Waals surface area contributed by atoms with Gasteiger partial charge in [0, 0.05) is 18.7 Å². The molecule has 1 aromatic carbocycles. The Hall–Kier alpha value is -1.46. The first-order chi connectivity index (χ1) is 11.2. The maximum Gasteiger partial charge on any atom is 0.254 e. The number of likely N-dealkylation sites (tertiary alicyclic amines) is 1. The maximum absolute atomic E-state index is 12.6. The van der Waals surface area contributed by atoms with E-state index in [9.17, 15) is 4.79 Å². The van der Waals surface area contributed by atoms with Crippen LogP contribution < -0.4 is 15.2 Å². The highest BCUT2D eigenvalue weighted by Gasteiger charge is 2.26. The molecule has 136 valence electrons. The fourth-order valence-electron chi connectivity index (χ4n) is 2.75. The SMILES string of the molecule is CCCCOc1ccc(C(=O)N2CCC(CN)C2)cc1OCC.Cl. The predicted octanol–water partition coefficient (Wildman–Crippen LogP) is 3.11. The van der Waals surface area contributed by atoms with Crippen LogP contribution in [0.5, 0.6) is 11.5 Å². The smallest absolute Gasteiger partial charge is 0.254 e. The molecule has 2 N–H and O–H groups in total. The first-order valence-electron chi connectivity index (χ1n) is 8.58. The zero-order chi connectivity index (χ0) is 16.7. The van der Waals surface area contributed by atoms with Crippen LogP contribution in [0.15, 0.2) is 18.2 Å². The van der Waals surface area contributed by atoms with E-state index >= 15 is 0 Å². The third-order valence-electron chi connectivity index (χ3n) is 4.15. The Kier molecular flexibility index (Phi) is 8.93. The second-order valence-corrected chi connectivity index (χ2v) is 5.94. The lowest BCUT2D eigenvalue weighted by atomic mass is 10.1. The van der Waals surface area contributed by atoms with Crippen molar-refractivity contribution < 1.29 is 14.3 Å². The Morgan fingerprint density at radius 2 is 2.08 bits per heavy atom. The lowest BCUT2D eigenvalue weighted by Crippen LogP contribution is -2.29. The normalized spacial score (nSPS) is 16.6. The zero-order valence-electron chi connectivity index (χ0n) is 14.6. The topological polar surface area (TPSA) is 64.8 Å². The maximum atomic E-state index is 12.6. The summed E-state index contributed by atoms with van der Waals surface area (Å²) >= 11 is 0. The Bertz CT molecular complexity index is 525. The van der Waals surface area contributed by atoms with E-state index in [-0.39, 0.29) is 18.3 Å². The van der Waals surface area contributed by atoms with Gasteiger partial charge in [-0.1, -0.05) is 13.3 Å². The van der Waals surface area contributed by atoms with Gasteiger partial charge in [-0.2, -0.15) is 0 Å². The van der Waals surface area contributed by atoms with Crippen molar-refractivity contribution >= 4 is 18.3 Å². The molecule has 1 heterocycles. The molecule has 5 nitrogen and oxygen atoms in total. The van der Waals surface area contributed by atoms with Crippen molar-refractivity contribution in [3.05, 3.63) is 23.8 Å². The van der Waals surface area contributed by atoms with Crippen LogP contribution in [0.1, 0.15) is 43.5 Å². The van der Waals surface area contributed by atoms with E-state index < -0.39 is 0 Å². The molecule has 1 saturated heterocycles. The average molecular weight is 357 g/mol. The van der Waals surface area contributed by atoms with Gasteiger partial charge in [-0.3, -0.25) is 4.79 Å². The van der Waals surface area contributed by atoms with Crippen LogP contribution in [0.3, 0.4) is 0 Å². The summed E-state index contributed by atoms with van der Waals surface area (Å²) in [4.78, 5) is 14.5. The van der Waals surface area contributed by atoms with Gasteiger partial charge in [-0.15, -0.1) is 12.4 Å². The second-order valence-electron chi connectivity index (χ2n) is 5.94. The van der Waals surface area contributed by atoms with Gasteiger partial charge in [0.1, 0.15) is 0 Å². The monoisotopic (exact) mass is 356 g/mol. The highest BCUT2D eigenvalue weighted by molar-refractivity contribution is 5.95. The van der Waals surface area contributed by atoms with Gasteiger partial charge >= 0.3 is 0 Å². The Morgan fingerprint density at radius 3 is 2.71 bits per heavy atom. The van der Waals surface area contributed by atoms with E-state index in [1.54, 1.807) is 6.07 Å². The molecule has 6 heteroatoms. The molecule has 24 heavy (non-hydrogen) atoms. The van der Waals surface area contributed by atoms with Gasteiger partial charge in [0.05, 0.1) is 13.2 Å². The molecule has 0 spiro atoms. The van der Waals surface area contributed by atoms with Crippen molar-refractivity contribution in [2.24, 2.45) is 11.7 Å². The van der Waals surface area contributed by atoms with Crippen LogP contribution in [0.4, 0.5) is 0 Å². The number of halogens is 1. The molecule has 1 atom stereocenters. The minimum Gasteiger partial charge on any atom is -0.490 e. The van der Waals surface area contributed by atoms with Crippen LogP contribution in [0, 0.1) is 5.92 Å². The number of nitrogens with two attached hydrogens (primary N) is 1. The summed E-state index contributed by atoms with van der Waals surface area (Å²) in [7, 11) is 0. The third kappa shape index (κ3) is 5.28. The minimum absolute atomic E-state index is 0. The molecule has 0 radical (unpaired) electrons. The first kappa shape index (κ1) is 20.6. The molecule has 1 aromatic rings. The quantitative estimate of drug-likeness (QED) is 0.727. The molecule has 0 aromatic heterocycles. The summed E-state index contributed by atoms with van der Waals surface area (Å²) in [6.45, 7) is 7.41. The van der Waals surface area contributed by atoms with Crippen LogP contribution >= 0.6 is 12.4 Å². The van der Waals surface area contributed by atoms with Gasteiger partial charge in [-0.25, -0.2) is 0 Å². The lowest BCUT2D eigenvalue weighted by molar-refractivity contribution is 0.0787. The van der Waals surface area contributed by atoms with E-state index in [1.165, 1.54) is 0 Å². The fraction of sp³-hybridized carbons (Fsp3) is 0.611. The van der Waals surface area contributed by atoms with Gasteiger partial charge < -0.3 is 20.1 Å². The van der Waals surface area contributed by atoms with Crippen molar-refractivity contribution in [2.45, 2.75) is 33.1 Å². The van der Waals surface area contributed by atoms with Crippen molar-refractivity contribution in [1.82, 2.24) is 4.90 Å². The molecular formula is C18H29ClN2O3. The fourth-order valence-corrected chi connectivity index (χ4v) is 2.75. The van der Waals surface area contributed by atoms with E-state index in [0.717, 1.165) is 32.4 Å². The van der Waals surface area contributed by atoms with E-state index in [2.05, 4.69) is 6.92 Å². The van der Waals surface area contributed by atoms with Crippen molar-refractivity contribution in [3.63, 3.8) is 0 Å². The van der Waals surface area contributed by atoms with Crippen LogP contribution in [-0.2, 0) is 0 Å². The molecule has 0 saturated carbocycles. The van der Waals surface area contributed by atoms with Gasteiger partial charge in [0.15, 0.2) is 11.5 Å². The molecule has 1 amide bonds. The number of hydrogen-bond acceptors (Lipinski definition) is 4. The highest BCUT2D eigenvalue weighted by atomic mass is 35.5. The number of carbonyl (C=O) groups excluding carboxylic acids is 1. The summed E-state index contributed by atoms with van der Waals surface area (Å²) in [5.74, 6) is 1.81. The summed E-state index contributed by atoms with van der Waals surface area (Å²) in [5.41, 5.74) is 6.35. The number of amides is 1. The summed E-state index contributed by atoms with van der Waals surface area (Å²) in [5, 5.41) is 0. The number of rotatable bonds is 8. The van der Waals surface area contributed by atoms with Gasteiger partial charge in [0.2, 0.25) is 0 Å². The summed E-state index contributed by atoms with van der Waals surface area (Å²) in [6.07, 6.45) is 3.07. The lowest BCUT2D eigenvalue weighted by Gasteiger charge is -2.18. The summed E-state index contributed by atoms with van der Waals surface area (Å²) in [6, 6.07) is 5.45. The molecule has 1 aliphatic heterocycles. The second kappa shape index (κ2) is 10.4. The molecule has 1 unspecified atom stereocenters. The van der Waals surface area contributed by atoms with E-state index in [4.69, 9.17) is 15.2 Å². The van der Waals surface area contributed by atoms with Crippen LogP contribution in [-0.4, -0.2) is 43.7 Å². The molecule has 0 aliphatic carbocycles. The van der Waals surface area contributed by atoms with Crippen LogP contribution in [0.25, 0.3) is 0 Å². The zero-order valence-corrected chi connectivity index (χ0v) is 15.4. The number of benzene rings is 1. The molecule has 2 rings (SSSR count). The average Bonchev–Trinajstić information content (AvgIpc) is 3.05. The number of carbonyl (C=O) groups is 1. The standard InChI is InChI=1S/C18H28N2O3.ClH/c1-3-5-10-23-16-7-6-15(11-17(16)22-4-2)18(21)20-9-8-14(12-19)13-20;/h6-7,11,14H,3-5,8-10,12-13,19H2,1-2H3;1H. The van der Waals surface area contributed by atoms with E-state index in [1.807, 2.05) is 24.0 Å². The van der Waals surface area contributed by atoms with Crippen molar-refractivity contribution in [2.75, 3.05) is 32.8 Å². The largest absolute Gasteiger partial charge is 0.490 e. The van der Waals surface area contributed by atoms with Crippen molar-refractivity contribution in [1.29, 1.82) is 0 Å². The van der Waals surface area contributed by atoms with Crippen molar-refractivity contribution in [3.8, 4) is 11.5 Å². The third-order valence-corrected chi connectivity index (χ3v) is 4.15.